The van der Waals surface area contributed by atoms with Crippen LogP contribution in [0.1, 0.15) is 0 Å². The van der Waals surface area contributed by atoms with Crippen molar-refractivity contribution in [2.75, 3.05) is 0 Å². The first-order valence-electron chi connectivity index (χ1n) is 20.3. The number of rotatable bonds is 8. The van der Waals surface area contributed by atoms with Crippen LogP contribution in [0.3, 0.4) is 0 Å². The molecule has 61 heavy (non-hydrogen) atoms. The lowest BCUT2D eigenvalue weighted by Gasteiger charge is -2.11. The van der Waals surface area contributed by atoms with Gasteiger partial charge < -0.3 is 0 Å². The molecule has 286 valence electrons. The van der Waals surface area contributed by atoms with Gasteiger partial charge in [-0.15, -0.1) is 0 Å². The number of hydrogen-bond donors (Lipinski definition) is 0. The third-order valence-electron chi connectivity index (χ3n) is 11.1. The first-order chi connectivity index (χ1) is 30.2. The summed E-state index contributed by atoms with van der Waals surface area (Å²) < 4.78 is 2.16. The van der Waals surface area contributed by atoms with E-state index < -0.39 is 0 Å². The zero-order valence-corrected chi connectivity index (χ0v) is 33.0. The van der Waals surface area contributed by atoms with Gasteiger partial charge in [-0.25, -0.2) is 15.0 Å². The summed E-state index contributed by atoms with van der Waals surface area (Å²) in [6, 6.07) is 75.2. The highest BCUT2D eigenvalue weighted by Gasteiger charge is 2.20. The number of nitrogens with zero attached hydrogens (tertiary/aromatic N) is 6. The molecular weight excluding hydrogens is 745 g/mol. The number of hydrogen-bond acceptors (Lipinski definition) is 5. The Balaban J connectivity index is 1.15. The van der Waals surface area contributed by atoms with E-state index in [-0.39, 0.29) is 0 Å². The Kier molecular flexibility index (Phi) is 9.06. The van der Waals surface area contributed by atoms with Crippen LogP contribution < -0.4 is 0 Å². The van der Waals surface area contributed by atoms with Crippen molar-refractivity contribution in [3.05, 3.63) is 218 Å². The van der Waals surface area contributed by atoms with Crippen molar-refractivity contribution in [2.24, 2.45) is 0 Å². The molecule has 0 unspecified atom stereocenters. The second-order valence-electron chi connectivity index (χ2n) is 15.0. The molecule has 0 fully saturated rings. The van der Waals surface area contributed by atoms with Gasteiger partial charge in [0.25, 0.3) is 0 Å². The third kappa shape index (κ3) is 6.92. The lowest BCUT2D eigenvalue weighted by molar-refractivity contribution is 0.953. The molecule has 0 amide bonds. The van der Waals surface area contributed by atoms with E-state index >= 15 is 0 Å². The molecule has 6 nitrogen and oxygen atoms in total. The fraction of sp³-hybridized carbons (Fsp3) is 0. The van der Waals surface area contributed by atoms with Crippen LogP contribution in [0.2, 0.25) is 0 Å². The third-order valence-corrected chi connectivity index (χ3v) is 11.1. The number of fused-ring (bicyclic) bond motifs is 3. The minimum atomic E-state index is 0.535. The second kappa shape index (κ2) is 15.4. The fourth-order valence-corrected chi connectivity index (χ4v) is 8.05. The molecule has 11 aromatic rings. The largest absolute Gasteiger partial charge is 0.278 e. The molecular formula is C55H36N6. The molecule has 3 heterocycles. The molecule has 3 aromatic heterocycles. The minimum absolute atomic E-state index is 0.535. The molecule has 0 saturated heterocycles. The van der Waals surface area contributed by atoms with E-state index in [1.54, 1.807) is 0 Å². The lowest BCUT2D eigenvalue weighted by atomic mass is 9.98. The Morgan fingerprint density at radius 3 is 1.13 bits per heavy atom. The molecule has 8 aromatic carbocycles. The predicted octanol–water partition coefficient (Wildman–Crippen LogP) is 13.4. The maximum atomic E-state index is 5.19. The molecule has 11 rings (SSSR count). The van der Waals surface area contributed by atoms with Crippen molar-refractivity contribution in [3.8, 4) is 84.9 Å². The standard InChI is InChI=1S/C55H36N6/c1-6-17-37(18-7-1)42-27-16-28-43(33-42)44-29-31-50-46(34-44)47-35-45(54-56-48(38-19-8-2-9-20-38)36-49(57-54)39-21-10-3-11-22-39)30-32-51(47)61(50)55-59-52(40-23-12-4-13-24-40)58-53(60-55)41-25-14-5-15-26-41/h1-36H. The van der Waals surface area contributed by atoms with Gasteiger partial charge in [-0.05, 0) is 64.7 Å². The SMILES string of the molecule is c1ccc(-c2cccc(-c3ccc4c(c3)c3cc(-c5nc(-c6ccccc6)cc(-c6ccccc6)n5)ccc3n4-c3nc(-c4ccccc4)nc(-c4ccccc4)n3)c2)cc1. The van der Waals surface area contributed by atoms with Gasteiger partial charge in [0, 0.05) is 38.6 Å². The monoisotopic (exact) mass is 780 g/mol. The van der Waals surface area contributed by atoms with Gasteiger partial charge in [-0.3, -0.25) is 4.57 Å². The van der Waals surface area contributed by atoms with Crippen LogP contribution >= 0.6 is 0 Å². The Hall–Kier alpha value is -8.35. The molecule has 6 heteroatoms. The van der Waals surface area contributed by atoms with Gasteiger partial charge in [-0.1, -0.05) is 176 Å². The van der Waals surface area contributed by atoms with Gasteiger partial charge in [0.2, 0.25) is 5.95 Å². The molecule has 0 spiro atoms. The zero-order chi connectivity index (χ0) is 40.5. The van der Waals surface area contributed by atoms with Gasteiger partial charge in [-0.2, -0.15) is 9.97 Å². The van der Waals surface area contributed by atoms with Crippen molar-refractivity contribution in [3.63, 3.8) is 0 Å². The Bertz CT molecular complexity index is 3220. The van der Waals surface area contributed by atoms with Crippen molar-refractivity contribution in [1.29, 1.82) is 0 Å². The first-order valence-corrected chi connectivity index (χ1v) is 20.3. The highest BCUT2D eigenvalue weighted by Crippen LogP contribution is 2.38. The zero-order valence-electron chi connectivity index (χ0n) is 33.0. The minimum Gasteiger partial charge on any atom is -0.278 e. The van der Waals surface area contributed by atoms with Crippen molar-refractivity contribution < 1.29 is 0 Å². The molecule has 0 aliphatic rings. The molecule has 0 N–H and O–H groups in total. The topological polar surface area (TPSA) is 69.4 Å². The van der Waals surface area contributed by atoms with E-state index in [9.17, 15) is 0 Å². The predicted molar refractivity (Wildman–Crippen MR) is 248 cm³/mol. The summed E-state index contributed by atoms with van der Waals surface area (Å²) in [6.45, 7) is 0. The Morgan fingerprint density at radius 2 is 0.623 bits per heavy atom. The average Bonchev–Trinajstić information content (AvgIpc) is 3.68. The van der Waals surface area contributed by atoms with Crippen molar-refractivity contribution in [2.45, 2.75) is 0 Å². The van der Waals surface area contributed by atoms with E-state index in [4.69, 9.17) is 24.9 Å². The lowest BCUT2D eigenvalue weighted by Crippen LogP contribution is -2.06. The normalized spacial score (nSPS) is 11.3. The molecule has 0 radical (unpaired) electrons. The smallest absolute Gasteiger partial charge is 0.238 e. The summed E-state index contributed by atoms with van der Waals surface area (Å²) >= 11 is 0. The number of aromatic nitrogens is 6. The Morgan fingerprint density at radius 1 is 0.246 bits per heavy atom. The Labute approximate surface area is 353 Å². The highest BCUT2D eigenvalue weighted by molar-refractivity contribution is 6.11. The molecule has 0 aliphatic carbocycles. The summed E-state index contributed by atoms with van der Waals surface area (Å²) in [5, 5.41) is 2.09. The summed E-state index contributed by atoms with van der Waals surface area (Å²) in [5.74, 6) is 2.38. The van der Waals surface area contributed by atoms with Crippen LogP contribution in [0.4, 0.5) is 0 Å². The maximum absolute atomic E-state index is 5.19. The first kappa shape index (κ1) is 35.8. The quantitative estimate of drug-likeness (QED) is 0.154. The summed E-state index contributed by atoms with van der Waals surface area (Å²) in [6.07, 6.45) is 0. The molecule has 0 atom stereocenters. The molecule has 0 aliphatic heterocycles. The second-order valence-corrected chi connectivity index (χ2v) is 15.0. The van der Waals surface area contributed by atoms with E-state index in [1.807, 2.05) is 97.1 Å². The van der Waals surface area contributed by atoms with Gasteiger partial charge in [0.15, 0.2) is 17.5 Å². The maximum Gasteiger partial charge on any atom is 0.238 e. The van der Waals surface area contributed by atoms with Crippen LogP contribution in [-0.2, 0) is 0 Å². The molecule has 0 bridgehead atoms. The molecule has 0 saturated carbocycles. The van der Waals surface area contributed by atoms with E-state index in [1.165, 1.54) is 11.1 Å². The van der Waals surface area contributed by atoms with E-state index in [2.05, 4.69) is 126 Å². The summed E-state index contributed by atoms with van der Waals surface area (Å²) in [7, 11) is 0. The van der Waals surface area contributed by atoms with Gasteiger partial charge in [0.1, 0.15) is 0 Å². The van der Waals surface area contributed by atoms with Crippen LogP contribution in [0.25, 0.3) is 107 Å². The highest BCUT2D eigenvalue weighted by atomic mass is 15.2. The van der Waals surface area contributed by atoms with Crippen LogP contribution in [0.5, 0.6) is 0 Å². The summed E-state index contributed by atoms with van der Waals surface area (Å²) in [5.41, 5.74) is 13.0. The number of benzene rings is 8. The summed E-state index contributed by atoms with van der Waals surface area (Å²) in [4.78, 5) is 25.8. The van der Waals surface area contributed by atoms with E-state index in [0.717, 1.165) is 72.1 Å². The van der Waals surface area contributed by atoms with Gasteiger partial charge >= 0.3 is 0 Å². The average molecular weight is 781 g/mol. The van der Waals surface area contributed by atoms with Crippen molar-refractivity contribution >= 4 is 21.8 Å². The van der Waals surface area contributed by atoms with Gasteiger partial charge in [0.05, 0.1) is 22.4 Å². The van der Waals surface area contributed by atoms with Crippen molar-refractivity contribution in [1.82, 2.24) is 29.5 Å². The van der Waals surface area contributed by atoms with Crippen LogP contribution in [0.15, 0.2) is 218 Å². The van der Waals surface area contributed by atoms with E-state index in [0.29, 0.717) is 23.4 Å². The van der Waals surface area contributed by atoms with Crippen LogP contribution in [0, 0.1) is 0 Å². The fourth-order valence-electron chi connectivity index (χ4n) is 8.05. The van der Waals surface area contributed by atoms with Crippen LogP contribution in [-0.4, -0.2) is 29.5 Å².